The van der Waals surface area contributed by atoms with E-state index in [4.69, 9.17) is 4.74 Å². The molecule has 0 saturated carbocycles. The number of sulfonamides is 1. The minimum atomic E-state index is -3.92. The standard InChI is InChI=1S/C18H20N2O4S/c1-4-11-19-18(21)14-7-10-16(24-3)17(12-14)25(22,23)20-15-8-5-13(2)6-9-15/h4-10,12,20H,1,11H2,2-3H3,(H,19,21). The third-order valence-electron chi connectivity index (χ3n) is 3.43. The second-order valence-electron chi connectivity index (χ2n) is 5.34. The van der Waals surface area contributed by atoms with E-state index in [1.54, 1.807) is 24.3 Å². The number of methoxy groups -OCH3 is 1. The van der Waals surface area contributed by atoms with E-state index in [2.05, 4.69) is 16.6 Å². The van der Waals surface area contributed by atoms with Crippen molar-refractivity contribution in [3.05, 3.63) is 66.2 Å². The largest absolute Gasteiger partial charge is 0.495 e. The quantitative estimate of drug-likeness (QED) is 0.744. The smallest absolute Gasteiger partial charge is 0.265 e. The summed E-state index contributed by atoms with van der Waals surface area (Å²) in [5.74, 6) is -0.241. The highest BCUT2D eigenvalue weighted by Crippen LogP contribution is 2.27. The number of hydrogen-bond acceptors (Lipinski definition) is 4. The lowest BCUT2D eigenvalue weighted by atomic mass is 10.2. The maximum absolute atomic E-state index is 12.7. The topological polar surface area (TPSA) is 84.5 Å². The highest BCUT2D eigenvalue weighted by molar-refractivity contribution is 7.92. The maximum atomic E-state index is 12.7. The molecule has 0 aromatic heterocycles. The molecule has 0 aliphatic rings. The number of carbonyl (C=O) groups is 1. The summed E-state index contributed by atoms with van der Waals surface area (Å²) in [7, 11) is -2.55. The number of ether oxygens (including phenoxy) is 1. The molecule has 25 heavy (non-hydrogen) atoms. The molecular formula is C18H20N2O4S. The number of benzene rings is 2. The van der Waals surface area contributed by atoms with Gasteiger partial charge in [0.05, 0.1) is 7.11 Å². The highest BCUT2D eigenvalue weighted by atomic mass is 32.2. The highest BCUT2D eigenvalue weighted by Gasteiger charge is 2.22. The number of nitrogens with one attached hydrogen (secondary N) is 2. The van der Waals surface area contributed by atoms with Crippen LogP contribution in [-0.4, -0.2) is 28.0 Å². The van der Waals surface area contributed by atoms with Crippen LogP contribution in [0.1, 0.15) is 15.9 Å². The molecule has 0 spiro atoms. The van der Waals surface area contributed by atoms with Gasteiger partial charge in [0.2, 0.25) is 0 Å². The van der Waals surface area contributed by atoms with Gasteiger partial charge in [0, 0.05) is 17.8 Å². The Morgan fingerprint density at radius 1 is 1.20 bits per heavy atom. The van der Waals surface area contributed by atoms with E-state index in [0.29, 0.717) is 5.69 Å². The molecule has 2 rings (SSSR count). The van der Waals surface area contributed by atoms with Crippen molar-refractivity contribution in [2.75, 3.05) is 18.4 Å². The summed E-state index contributed by atoms with van der Waals surface area (Å²) in [4.78, 5) is 12.0. The van der Waals surface area contributed by atoms with Crippen LogP contribution in [-0.2, 0) is 10.0 Å². The van der Waals surface area contributed by atoms with E-state index in [0.717, 1.165) is 5.56 Å². The number of carbonyl (C=O) groups excluding carboxylic acids is 1. The van der Waals surface area contributed by atoms with E-state index in [-0.39, 0.29) is 22.8 Å². The Morgan fingerprint density at radius 3 is 2.48 bits per heavy atom. The Kier molecular flexibility index (Phi) is 5.82. The Morgan fingerprint density at radius 2 is 1.88 bits per heavy atom. The van der Waals surface area contributed by atoms with Crippen LogP contribution < -0.4 is 14.8 Å². The monoisotopic (exact) mass is 360 g/mol. The van der Waals surface area contributed by atoms with E-state index in [1.807, 2.05) is 6.92 Å². The zero-order valence-electron chi connectivity index (χ0n) is 14.1. The van der Waals surface area contributed by atoms with Crippen LogP contribution >= 0.6 is 0 Å². The van der Waals surface area contributed by atoms with Gasteiger partial charge < -0.3 is 10.1 Å². The lowest BCUT2D eigenvalue weighted by molar-refractivity contribution is 0.0957. The number of amides is 1. The van der Waals surface area contributed by atoms with Crippen LogP contribution in [0.15, 0.2) is 60.0 Å². The molecule has 0 atom stereocenters. The maximum Gasteiger partial charge on any atom is 0.265 e. The predicted molar refractivity (Wildman–Crippen MR) is 97.5 cm³/mol. The summed E-state index contributed by atoms with van der Waals surface area (Å²) in [6.45, 7) is 5.72. The summed E-state index contributed by atoms with van der Waals surface area (Å²) in [6, 6.07) is 11.2. The lowest BCUT2D eigenvalue weighted by Gasteiger charge is -2.13. The molecule has 0 unspecified atom stereocenters. The predicted octanol–water partition coefficient (Wildman–Crippen LogP) is 2.72. The zero-order chi connectivity index (χ0) is 18.4. The van der Waals surface area contributed by atoms with Gasteiger partial charge in [-0.2, -0.15) is 0 Å². The molecule has 0 bridgehead atoms. The molecular weight excluding hydrogens is 340 g/mol. The van der Waals surface area contributed by atoms with E-state index < -0.39 is 15.9 Å². The van der Waals surface area contributed by atoms with Crippen molar-refractivity contribution < 1.29 is 17.9 Å². The van der Waals surface area contributed by atoms with Crippen LogP contribution in [0.5, 0.6) is 5.75 Å². The van der Waals surface area contributed by atoms with Crippen molar-refractivity contribution in [3.8, 4) is 5.75 Å². The molecule has 2 aromatic carbocycles. The average molecular weight is 360 g/mol. The fraction of sp³-hybridized carbons (Fsp3) is 0.167. The van der Waals surface area contributed by atoms with Gasteiger partial charge in [0.15, 0.2) is 0 Å². The Hall–Kier alpha value is -2.80. The molecule has 0 aliphatic heterocycles. The first kappa shape index (κ1) is 18.5. The van der Waals surface area contributed by atoms with Gasteiger partial charge in [-0.3, -0.25) is 9.52 Å². The second-order valence-corrected chi connectivity index (χ2v) is 6.99. The van der Waals surface area contributed by atoms with Crippen LogP contribution in [0, 0.1) is 6.92 Å². The van der Waals surface area contributed by atoms with Gasteiger partial charge in [-0.1, -0.05) is 23.8 Å². The molecule has 2 N–H and O–H groups in total. The molecule has 0 fully saturated rings. The zero-order valence-corrected chi connectivity index (χ0v) is 14.9. The van der Waals surface area contributed by atoms with Crippen LogP contribution in [0.2, 0.25) is 0 Å². The summed E-state index contributed by atoms with van der Waals surface area (Å²) < 4.78 is 33.1. The Labute approximate surface area is 147 Å². The molecule has 2 aromatic rings. The molecule has 0 saturated heterocycles. The van der Waals surface area contributed by atoms with Crippen molar-refractivity contribution in [3.63, 3.8) is 0 Å². The normalized spacial score (nSPS) is 10.8. The Balaban J connectivity index is 2.38. The molecule has 132 valence electrons. The minimum Gasteiger partial charge on any atom is -0.495 e. The number of anilines is 1. The third kappa shape index (κ3) is 4.60. The van der Waals surface area contributed by atoms with Gasteiger partial charge in [0.25, 0.3) is 15.9 Å². The number of aryl methyl sites for hydroxylation is 1. The first-order valence-corrected chi connectivity index (χ1v) is 9.02. The van der Waals surface area contributed by atoms with Gasteiger partial charge in [0.1, 0.15) is 10.6 Å². The van der Waals surface area contributed by atoms with Gasteiger partial charge in [-0.25, -0.2) is 8.42 Å². The average Bonchev–Trinajstić information content (AvgIpc) is 2.60. The van der Waals surface area contributed by atoms with Gasteiger partial charge >= 0.3 is 0 Å². The van der Waals surface area contributed by atoms with Crippen molar-refractivity contribution in [1.29, 1.82) is 0 Å². The molecule has 6 nitrogen and oxygen atoms in total. The minimum absolute atomic E-state index is 0.109. The second kappa shape index (κ2) is 7.85. The Bertz CT molecular complexity index is 874. The summed E-state index contributed by atoms with van der Waals surface area (Å²) in [6.07, 6.45) is 1.54. The first-order valence-electron chi connectivity index (χ1n) is 7.54. The molecule has 0 aliphatic carbocycles. The van der Waals surface area contributed by atoms with Crippen LogP contribution in [0.3, 0.4) is 0 Å². The summed E-state index contributed by atoms with van der Waals surface area (Å²) >= 11 is 0. The van der Waals surface area contributed by atoms with Crippen molar-refractivity contribution in [2.24, 2.45) is 0 Å². The van der Waals surface area contributed by atoms with Crippen molar-refractivity contribution in [2.45, 2.75) is 11.8 Å². The summed E-state index contributed by atoms with van der Waals surface area (Å²) in [5, 5.41) is 2.61. The van der Waals surface area contributed by atoms with Gasteiger partial charge in [-0.05, 0) is 37.3 Å². The molecule has 0 heterocycles. The molecule has 0 radical (unpaired) electrons. The fourth-order valence-electron chi connectivity index (χ4n) is 2.13. The van der Waals surface area contributed by atoms with Crippen LogP contribution in [0.25, 0.3) is 0 Å². The number of rotatable bonds is 7. The fourth-order valence-corrected chi connectivity index (χ4v) is 3.38. The SMILES string of the molecule is C=CCNC(=O)c1ccc(OC)c(S(=O)(=O)Nc2ccc(C)cc2)c1. The lowest BCUT2D eigenvalue weighted by Crippen LogP contribution is -2.24. The van der Waals surface area contributed by atoms with E-state index in [1.165, 1.54) is 31.4 Å². The van der Waals surface area contributed by atoms with Crippen molar-refractivity contribution in [1.82, 2.24) is 5.32 Å². The van der Waals surface area contributed by atoms with Crippen LogP contribution in [0.4, 0.5) is 5.69 Å². The molecule has 7 heteroatoms. The first-order chi connectivity index (χ1) is 11.9. The number of hydrogen-bond donors (Lipinski definition) is 2. The van der Waals surface area contributed by atoms with E-state index >= 15 is 0 Å². The summed E-state index contributed by atoms with van der Waals surface area (Å²) in [5.41, 5.74) is 1.66. The van der Waals surface area contributed by atoms with Crippen molar-refractivity contribution >= 4 is 21.6 Å². The molecule has 1 amide bonds. The van der Waals surface area contributed by atoms with Gasteiger partial charge in [-0.15, -0.1) is 6.58 Å². The van der Waals surface area contributed by atoms with E-state index in [9.17, 15) is 13.2 Å². The third-order valence-corrected chi connectivity index (χ3v) is 4.83.